The Balaban J connectivity index is 2.02. The van der Waals surface area contributed by atoms with E-state index in [1.54, 1.807) is 0 Å². The van der Waals surface area contributed by atoms with E-state index in [4.69, 9.17) is 0 Å². The molecule has 0 heterocycles. The van der Waals surface area contributed by atoms with Gasteiger partial charge in [0.05, 0.1) is 0 Å². The Bertz CT molecular complexity index is 517. The lowest BCUT2D eigenvalue weighted by Gasteiger charge is -2.10. The standard InChI is InChI=1S/C16H18IN/c1-3-13-4-6-14(7-5-13)11-18-16-9-8-15(17)10-12(16)2/h4-10,18H,3,11H2,1-2H3. The van der Waals surface area contributed by atoms with Crippen LogP contribution in [0.3, 0.4) is 0 Å². The third-order valence-corrected chi connectivity index (χ3v) is 3.77. The molecule has 2 heteroatoms. The molecule has 0 aliphatic rings. The van der Waals surface area contributed by atoms with Crippen LogP contribution in [0.4, 0.5) is 5.69 Å². The molecule has 0 spiro atoms. The monoisotopic (exact) mass is 351 g/mol. The second-order valence-corrected chi connectivity index (χ2v) is 5.73. The summed E-state index contributed by atoms with van der Waals surface area (Å²) in [5.74, 6) is 0. The first-order valence-electron chi connectivity index (χ1n) is 6.27. The van der Waals surface area contributed by atoms with Crippen molar-refractivity contribution >= 4 is 28.3 Å². The van der Waals surface area contributed by atoms with Gasteiger partial charge in [-0.3, -0.25) is 0 Å². The zero-order valence-electron chi connectivity index (χ0n) is 10.8. The number of halogens is 1. The molecule has 0 fully saturated rings. The summed E-state index contributed by atoms with van der Waals surface area (Å²) >= 11 is 2.34. The van der Waals surface area contributed by atoms with Gasteiger partial charge in [-0.2, -0.15) is 0 Å². The molecule has 0 aliphatic carbocycles. The molecule has 0 amide bonds. The predicted molar refractivity (Wildman–Crippen MR) is 87.0 cm³/mol. The summed E-state index contributed by atoms with van der Waals surface area (Å²) in [7, 11) is 0. The van der Waals surface area contributed by atoms with E-state index in [1.807, 2.05) is 0 Å². The summed E-state index contributed by atoms with van der Waals surface area (Å²) in [6.45, 7) is 5.21. The number of nitrogens with one attached hydrogen (secondary N) is 1. The van der Waals surface area contributed by atoms with Crippen molar-refractivity contribution in [1.82, 2.24) is 0 Å². The van der Waals surface area contributed by atoms with Crippen molar-refractivity contribution in [2.24, 2.45) is 0 Å². The molecule has 94 valence electrons. The zero-order valence-corrected chi connectivity index (χ0v) is 13.0. The molecule has 1 nitrogen and oxygen atoms in total. The molecule has 2 aromatic rings. The van der Waals surface area contributed by atoms with Gasteiger partial charge in [0.15, 0.2) is 0 Å². The molecule has 0 unspecified atom stereocenters. The maximum Gasteiger partial charge on any atom is 0.0400 e. The first-order valence-corrected chi connectivity index (χ1v) is 7.34. The molecular formula is C16H18IN. The van der Waals surface area contributed by atoms with E-state index in [0.29, 0.717) is 0 Å². The molecule has 2 aromatic carbocycles. The second-order valence-electron chi connectivity index (χ2n) is 4.48. The maximum absolute atomic E-state index is 3.49. The Kier molecular flexibility index (Phi) is 4.64. The average molecular weight is 351 g/mol. The zero-order chi connectivity index (χ0) is 13.0. The van der Waals surface area contributed by atoms with Crippen molar-refractivity contribution in [3.63, 3.8) is 0 Å². The number of benzene rings is 2. The van der Waals surface area contributed by atoms with Crippen LogP contribution in [0.15, 0.2) is 42.5 Å². The lowest BCUT2D eigenvalue weighted by molar-refractivity contribution is 1.10. The average Bonchev–Trinajstić information content (AvgIpc) is 2.38. The fraction of sp³-hybridized carbons (Fsp3) is 0.250. The highest BCUT2D eigenvalue weighted by molar-refractivity contribution is 14.1. The smallest absolute Gasteiger partial charge is 0.0400 e. The van der Waals surface area contributed by atoms with Crippen LogP contribution in [0.2, 0.25) is 0 Å². The van der Waals surface area contributed by atoms with Crippen molar-refractivity contribution < 1.29 is 0 Å². The number of rotatable bonds is 4. The Labute approximate surface area is 123 Å². The summed E-state index contributed by atoms with van der Waals surface area (Å²) < 4.78 is 1.28. The Morgan fingerprint density at radius 2 is 1.67 bits per heavy atom. The van der Waals surface area contributed by atoms with Gasteiger partial charge in [0.2, 0.25) is 0 Å². The van der Waals surface area contributed by atoms with E-state index in [1.165, 1.54) is 25.9 Å². The summed E-state index contributed by atoms with van der Waals surface area (Å²) in [5.41, 5.74) is 5.23. The van der Waals surface area contributed by atoms with E-state index in [2.05, 4.69) is 84.2 Å². The van der Waals surface area contributed by atoms with E-state index in [0.717, 1.165) is 13.0 Å². The first-order chi connectivity index (χ1) is 8.69. The topological polar surface area (TPSA) is 12.0 Å². The molecule has 0 aliphatic heterocycles. The van der Waals surface area contributed by atoms with Crippen LogP contribution >= 0.6 is 22.6 Å². The summed E-state index contributed by atoms with van der Waals surface area (Å²) in [5, 5.41) is 3.49. The number of hydrogen-bond acceptors (Lipinski definition) is 1. The van der Waals surface area contributed by atoms with Gasteiger partial charge in [-0.15, -0.1) is 0 Å². The molecule has 0 aromatic heterocycles. The lowest BCUT2D eigenvalue weighted by Crippen LogP contribution is -2.01. The largest absolute Gasteiger partial charge is 0.381 e. The van der Waals surface area contributed by atoms with Crippen molar-refractivity contribution in [2.45, 2.75) is 26.8 Å². The summed E-state index contributed by atoms with van der Waals surface area (Å²) in [6, 6.07) is 15.3. The fourth-order valence-corrected chi connectivity index (χ4v) is 2.56. The van der Waals surface area contributed by atoms with Crippen LogP contribution in [-0.4, -0.2) is 0 Å². The second kappa shape index (κ2) is 6.23. The number of aryl methyl sites for hydroxylation is 2. The molecule has 2 rings (SSSR count). The summed E-state index contributed by atoms with van der Waals surface area (Å²) in [6.07, 6.45) is 1.10. The quantitative estimate of drug-likeness (QED) is 0.782. The first kappa shape index (κ1) is 13.4. The van der Waals surface area contributed by atoms with E-state index in [-0.39, 0.29) is 0 Å². The maximum atomic E-state index is 3.49. The normalized spacial score (nSPS) is 10.4. The van der Waals surface area contributed by atoms with E-state index < -0.39 is 0 Å². The SMILES string of the molecule is CCc1ccc(CNc2ccc(I)cc2C)cc1. The molecular weight excluding hydrogens is 333 g/mol. The molecule has 0 saturated heterocycles. The van der Waals surface area contributed by atoms with Crippen molar-refractivity contribution in [2.75, 3.05) is 5.32 Å². The third-order valence-electron chi connectivity index (χ3n) is 3.10. The van der Waals surface area contributed by atoms with Crippen LogP contribution < -0.4 is 5.32 Å². The van der Waals surface area contributed by atoms with Crippen molar-refractivity contribution in [3.8, 4) is 0 Å². The minimum atomic E-state index is 0.880. The molecule has 0 saturated carbocycles. The molecule has 0 bridgehead atoms. The lowest BCUT2D eigenvalue weighted by atomic mass is 10.1. The highest BCUT2D eigenvalue weighted by Gasteiger charge is 1.99. The van der Waals surface area contributed by atoms with Gasteiger partial charge in [0, 0.05) is 15.8 Å². The van der Waals surface area contributed by atoms with E-state index >= 15 is 0 Å². The van der Waals surface area contributed by atoms with Crippen LogP contribution in [0.5, 0.6) is 0 Å². The van der Waals surface area contributed by atoms with Crippen LogP contribution in [-0.2, 0) is 13.0 Å². The van der Waals surface area contributed by atoms with Gasteiger partial charge in [-0.25, -0.2) is 0 Å². The third kappa shape index (κ3) is 3.48. The predicted octanol–water partition coefficient (Wildman–Crippen LogP) is 4.77. The van der Waals surface area contributed by atoms with Crippen LogP contribution in [0.1, 0.15) is 23.6 Å². The van der Waals surface area contributed by atoms with Gasteiger partial charge in [-0.05, 0) is 70.8 Å². The Morgan fingerprint density at radius 1 is 1.00 bits per heavy atom. The van der Waals surface area contributed by atoms with Crippen LogP contribution in [0, 0.1) is 10.5 Å². The highest BCUT2D eigenvalue weighted by atomic mass is 127. The minimum absolute atomic E-state index is 0.880. The number of hydrogen-bond donors (Lipinski definition) is 1. The minimum Gasteiger partial charge on any atom is -0.381 e. The van der Waals surface area contributed by atoms with Gasteiger partial charge < -0.3 is 5.32 Å². The van der Waals surface area contributed by atoms with Crippen LogP contribution in [0.25, 0.3) is 0 Å². The summed E-state index contributed by atoms with van der Waals surface area (Å²) in [4.78, 5) is 0. The fourth-order valence-electron chi connectivity index (χ4n) is 1.92. The number of anilines is 1. The van der Waals surface area contributed by atoms with E-state index in [9.17, 15) is 0 Å². The molecule has 0 atom stereocenters. The van der Waals surface area contributed by atoms with Gasteiger partial charge >= 0.3 is 0 Å². The molecule has 18 heavy (non-hydrogen) atoms. The van der Waals surface area contributed by atoms with Crippen molar-refractivity contribution in [3.05, 3.63) is 62.7 Å². The molecule has 0 radical (unpaired) electrons. The van der Waals surface area contributed by atoms with Gasteiger partial charge in [-0.1, -0.05) is 31.2 Å². The van der Waals surface area contributed by atoms with Gasteiger partial charge in [0.1, 0.15) is 0 Å². The highest BCUT2D eigenvalue weighted by Crippen LogP contribution is 2.18. The Morgan fingerprint density at radius 3 is 2.28 bits per heavy atom. The molecule has 1 N–H and O–H groups in total. The van der Waals surface area contributed by atoms with Gasteiger partial charge in [0.25, 0.3) is 0 Å². The van der Waals surface area contributed by atoms with Crippen molar-refractivity contribution in [1.29, 1.82) is 0 Å². The Hall–Kier alpha value is -1.03.